The minimum absolute atomic E-state index is 0.00406. The second-order valence-corrected chi connectivity index (χ2v) is 7.17. The van der Waals surface area contributed by atoms with Gasteiger partial charge in [0.1, 0.15) is 22.9 Å². The number of ether oxygens (including phenoxy) is 1. The predicted molar refractivity (Wildman–Crippen MR) is 107 cm³/mol. The van der Waals surface area contributed by atoms with E-state index >= 15 is 0 Å². The van der Waals surface area contributed by atoms with Crippen molar-refractivity contribution in [2.24, 2.45) is 5.73 Å². The molecule has 2 aromatic carbocycles. The van der Waals surface area contributed by atoms with Gasteiger partial charge >= 0.3 is 0 Å². The van der Waals surface area contributed by atoms with Crippen LogP contribution in [0.3, 0.4) is 0 Å². The number of imide groups is 1. The number of halogens is 1. The van der Waals surface area contributed by atoms with Crippen molar-refractivity contribution in [3.63, 3.8) is 0 Å². The number of H-pyrrole nitrogens is 1. The average molecular weight is 415 g/mol. The quantitative estimate of drug-likeness (QED) is 0.629. The van der Waals surface area contributed by atoms with Gasteiger partial charge in [0.15, 0.2) is 0 Å². The maximum Gasteiger partial charge on any atom is 0.254 e. The van der Waals surface area contributed by atoms with E-state index in [9.17, 15) is 19.2 Å². The summed E-state index contributed by atoms with van der Waals surface area (Å²) in [4.78, 5) is 27.4. The highest BCUT2D eigenvalue weighted by Crippen LogP contribution is 2.56. The topological polar surface area (TPSA) is 125 Å². The Bertz CT molecular complexity index is 1350. The molecule has 1 aromatic heterocycles. The third kappa shape index (κ3) is 2.24. The summed E-state index contributed by atoms with van der Waals surface area (Å²) in [6.45, 7) is 1.27. The number of para-hydroxylation sites is 1. The number of hydrogen-bond donors (Lipinski definition) is 2. The number of rotatable bonds is 1. The maximum atomic E-state index is 13.9. The first-order chi connectivity index (χ1) is 14.9. The molecule has 5 rings (SSSR count). The number of carbonyl (C=O) groups excluding carboxylic acids is 2. The van der Waals surface area contributed by atoms with E-state index in [0.29, 0.717) is 22.5 Å². The minimum atomic E-state index is -1.74. The van der Waals surface area contributed by atoms with Gasteiger partial charge in [-0.1, -0.05) is 18.2 Å². The van der Waals surface area contributed by atoms with Crippen molar-refractivity contribution in [2.75, 3.05) is 4.90 Å². The zero-order chi connectivity index (χ0) is 21.9. The Morgan fingerprint density at radius 1 is 1.26 bits per heavy atom. The fourth-order valence-electron chi connectivity index (χ4n) is 4.35. The second-order valence-electron chi connectivity index (χ2n) is 7.17. The molecule has 8 nitrogen and oxygen atoms in total. The molecule has 3 aromatic rings. The molecule has 0 aliphatic carbocycles. The number of nitrogens with two attached hydrogens (primary N) is 1. The van der Waals surface area contributed by atoms with Crippen molar-refractivity contribution in [1.29, 1.82) is 5.26 Å². The number of benzene rings is 2. The normalized spacial score (nSPS) is 19.1. The van der Waals surface area contributed by atoms with Gasteiger partial charge in [0.25, 0.3) is 5.91 Å². The van der Waals surface area contributed by atoms with Crippen molar-refractivity contribution in [3.8, 4) is 23.2 Å². The van der Waals surface area contributed by atoms with Gasteiger partial charge in [-0.25, -0.2) is 9.29 Å². The summed E-state index contributed by atoms with van der Waals surface area (Å²) >= 11 is 0. The highest BCUT2D eigenvalue weighted by molar-refractivity contribution is 6.26. The van der Waals surface area contributed by atoms with E-state index in [2.05, 4.69) is 10.2 Å². The number of aromatic amines is 1. The number of nitrogens with zero attached hydrogens (tertiary/aromatic N) is 3. The molecule has 0 radical (unpaired) electrons. The molecule has 0 saturated carbocycles. The number of amides is 2. The molecule has 0 bridgehead atoms. The maximum absolute atomic E-state index is 13.9. The molecule has 2 aliphatic rings. The van der Waals surface area contributed by atoms with E-state index in [1.54, 1.807) is 24.3 Å². The molecule has 9 heteroatoms. The summed E-state index contributed by atoms with van der Waals surface area (Å²) in [5.41, 5.74) is 6.01. The van der Waals surface area contributed by atoms with E-state index < -0.39 is 23.0 Å². The number of hydrogen-bond acceptors (Lipinski definition) is 6. The summed E-state index contributed by atoms with van der Waals surface area (Å²) in [6, 6.07) is 14.2. The minimum Gasteiger partial charge on any atom is -0.420 e. The first-order valence-corrected chi connectivity index (χ1v) is 9.28. The van der Waals surface area contributed by atoms with E-state index in [1.165, 1.54) is 31.2 Å². The summed E-state index contributed by atoms with van der Waals surface area (Å²) in [5.74, 6) is -1.87. The van der Waals surface area contributed by atoms with Crippen LogP contribution in [0.25, 0.3) is 11.3 Å². The number of carbonyl (C=O) groups is 2. The van der Waals surface area contributed by atoms with Crippen LogP contribution in [0.2, 0.25) is 0 Å². The second kappa shape index (κ2) is 6.27. The van der Waals surface area contributed by atoms with Gasteiger partial charge in [-0.2, -0.15) is 5.26 Å². The van der Waals surface area contributed by atoms with Crippen LogP contribution >= 0.6 is 0 Å². The molecule has 0 unspecified atom stereocenters. The van der Waals surface area contributed by atoms with Crippen LogP contribution in [0.5, 0.6) is 5.88 Å². The van der Waals surface area contributed by atoms with Crippen molar-refractivity contribution in [2.45, 2.75) is 12.3 Å². The Morgan fingerprint density at radius 2 is 1.97 bits per heavy atom. The lowest BCUT2D eigenvalue weighted by atomic mass is 9.68. The Morgan fingerprint density at radius 3 is 2.65 bits per heavy atom. The van der Waals surface area contributed by atoms with Crippen LogP contribution in [-0.4, -0.2) is 22.0 Å². The van der Waals surface area contributed by atoms with Crippen LogP contribution in [0, 0.1) is 17.1 Å². The Labute approximate surface area is 175 Å². The van der Waals surface area contributed by atoms with Crippen LogP contribution in [-0.2, 0) is 15.0 Å². The monoisotopic (exact) mass is 415 g/mol. The zero-order valence-electron chi connectivity index (χ0n) is 16.1. The summed E-state index contributed by atoms with van der Waals surface area (Å²) in [6.07, 6.45) is 0. The first kappa shape index (κ1) is 18.6. The largest absolute Gasteiger partial charge is 0.420 e. The van der Waals surface area contributed by atoms with Crippen LogP contribution < -0.4 is 15.4 Å². The van der Waals surface area contributed by atoms with Crippen molar-refractivity contribution < 1.29 is 18.7 Å². The third-order valence-electron chi connectivity index (χ3n) is 5.57. The van der Waals surface area contributed by atoms with Crippen LogP contribution in [0.15, 0.2) is 60.0 Å². The lowest BCUT2D eigenvalue weighted by Gasteiger charge is -2.32. The molecule has 3 heterocycles. The Balaban J connectivity index is 1.91. The Hall–Kier alpha value is -4.45. The number of nitriles is 1. The molecular weight excluding hydrogens is 401 g/mol. The third-order valence-corrected chi connectivity index (χ3v) is 5.57. The van der Waals surface area contributed by atoms with E-state index in [-0.39, 0.29) is 22.9 Å². The van der Waals surface area contributed by atoms with Crippen LogP contribution in [0.1, 0.15) is 18.1 Å². The summed E-state index contributed by atoms with van der Waals surface area (Å²) in [5, 5.41) is 17.0. The Kier molecular flexibility index (Phi) is 3.76. The van der Waals surface area contributed by atoms with E-state index in [1.807, 2.05) is 6.07 Å². The number of fused-ring (bicyclic) bond motifs is 4. The fourth-order valence-corrected chi connectivity index (χ4v) is 4.35. The molecule has 1 atom stereocenters. The highest BCUT2D eigenvalue weighted by atomic mass is 19.1. The summed E-state index contributed by atoms with van der Waals surface area (Å²) < 4.78 is 19.1. The SMILES string of the molecule is CC(=O)N1C(=O)[C@@]2(C(C#N)=C(N)Oc3n[nH]c(-c4ccc(F)cc4)c32)c2ccccc21. The van der Waals surface area contributed by atoms with Gasteiger partial charge in [0.2, 0.25) is 17.7 Å². The van der Waals surface area contributed by atoms with Crippen molar-refractivity contribution >= 4 is 17.5 Å². The van der Waals surface area contributed by atoms with Crippen molar-refractivity contribution in [1.82, 2.24) is 10.2 Å². The highest BCUT2D eigenvalue weighted by Gasteiger charge is 2.61. The van der Waals surface area contributed by atoms with E-state index in [0.717, 1.165) is 4.90 Å². The molecule has 152 valence electrons. The predicted octanol–water partition coefficient (Wildman–Crippen LogP) is 2.48. The fraction of sp³-hybridized carbons (Fsp3) is 0.0909. The molecule has 3 N–H and O–H groups in total. The molecule has 31 heavy (non-hydrogen) atoms. The van der Waals surface area contributed by atoms with Gasteiger partial charge in [-0.05, 0) is 30.3 Å². The number of nitrogens with one attached hydrogen (secondary N) is 1. The first-order valence-electron chi connectivity index (χ1n) is 9.28. The molecular formula is C22H14FN5O3. The molecule has 1 spiro atoms. The average Bonchev–Trinajstić information content (AvgIpc) is 3.27. The lowest BCUT2D eigenvalue weighted by molar-refractivity contribution is -0.126. The van der Waals surface area contributed by atoms with Gasteiger partial charge in [-0.15, -0.1) is 5.10 Å². The van der Waals surface area contributed by atoms with E-state index in [4.69, 9.17) is 10.5 Å². The smallest absolute Gasteiger partial charge is 0.254 e. The zero-order valence-corrected chi connectivity index (χ0v) is 16.1. The van der Waals surface area contributed by atoms with Gasteiger partial charge in [0.05, 0.1) is 16.9 Å². The summed E-state index contributed by atoms with van der Waals surface area (Å²) in [7, 11) is 0. The molecule has 0 fully saturated rings. The molecule has 2 aliphatic heterocycles. The van der Waals surface area contributed by atoms with Crippen molar-refractivity contribution in [3.05, 3.63) is 76.9 Å². The number of aromatic nitrogens is 2. The van der Waals surface area contributed by atoms with Gasteiger partial charge in [-0.3, -0.25) is 14.7 Å². The molecule has 2 amide bonds. The van der Waals surface area contributed by atoms with Gasteiger partial charge < -0.3 is 10.5 Å². The number of anilines is 1. The van der Waals surface area contributed by atoms with Gasteiger partial charge in [0, 0.05) is 18.1 Å². The standard InChI is InChI=1S/C22H14FN5O3/c1-11(29)28-16-5-3-2-4-14(16)22(21(28)30)15(10-24)19(25)31-20-17(22)18(26-27-20)12-6-8-13(23)9-7-12/h2-9H,25H2,1H3,(H,26,27)/t22-/m1/s1. The molecule has 0 saturated heterocycles. The van der Waals surface area contributed by atoms with Crippen LogP contribution in [0.4, 0.5) is 10.1 Å². The lowest BCUT2D eigenvalue weighted by Crippen LogP contribution is -2.47.